The molecule has 0 aromatic heterocycles. The maximum absolute atomic E-state index is 10.4. The van der Waals surface area contributed by atoms with Crippen LogP contribution in [0.15, 0.2) is 54.6 Å². The Hall–Kier alpha value is -2.09. The molecule has 0 spiro atoms. The first kappa shape index (κ1) is 15.0. The minimum absolute atomic E-state index is 0.0179. The van der Waals surface area contributed by atoms with E-state index in [1.54, 1.807) is 0 Å². The van der Waals surface area contributed by atoms with Gasteiger partial charge >= 0.3 is 0 Å². The molecule has 1 N–H and O–H groups in total. The number of hydrogen-bond donors (Lipinski definition) is 1. The van der Waals surface area contributed by atoms with Gasteiger partial charge in [0.15, 0.2) is 0 Å². The van der Waals surface area contributed by atoms with Crippen molar-refractivity contribution in [3.8, 4) is 0 Å². The molecule has 2 heteroatoms. The van der Waals surface area contributed by atoms with Gasteiger partial charge in [-0.3, -0.25) is 4.79 Å². The number of hydrogen-bond acceptors (Lipinski definition) is 1. The van der Waals surface area contributed by atoms with Gasteiger partial charge in [0.1, 0.15) is 0 Å². The summed E-state index contributed by atoms with van der Waals surface area (Å²) in [5.41, 5.74) is 5.45. The standard InChI is InChI=1S/C17H21NO/c1-6-13(4)17(12(2)3)16-9-7-15(8-10-16)14(5)18-11-19/h6-11,14H,1-2H2,3-5H3,(H,18,19)/b17-13+. The number of nitrogens with one attached hydrogen (secondary N) is 1. The van der Waals surface area contributed by atoms with E-state index in [4.69, 9.17) is 0 Å². The third-order valence-corrected chi connectivity index (χ3v) is 3.14. The van der Waals surface area contributed by atoms with Crippen LogP contribution in [0.5, 0.6) is 0 Å². The molecule has 0 radical (unpaired) electrons. The van der Waals surface area contributed by atoms with Crippen LogP contribution < -0.4 is 5.32 Å². The average Bonchev–Trinajstić information content (AvgIpc) is 2.39. The Morgan fingerprint density at radius 2 is 1.84 bits per heavy atom. The lowest BCUT2D eigenvalue weighted by Gasteiger charge is -2.14. The highest BCUT2D eigenvalue weighted by atomic mass is 16.1. The van der Waals surface area contributed by atoms with Gasteiger partial charge in [0.05, 0.1) is 6.04 Å². The summed E-state index contributed by atoms with van der Waals surface area (Å²) in [6.45, 7) is 13.8. The lowest BCUT2D eigenvalue weighted by Crippen LogP contribution is -2.15. The van der Waals surface area contributed by atoms with Gasteiger partial charge in [0, 0.05) is 0 Å². The highest BCUT2D eigenvalue weighted by Crippen LogP contribution is 2.27. The van der Waals surface area contributed by atoms with Crippen molar-refractivity contribution in [1.82, 2.24) is 5.32 Å². The van der Waals surface area contributed by atoms with Gasteiger partial charge in [-0.05, 0) is 43.0 Å². The predicted molar refractivity (Wildman–Crippen MR) is 81.7 cm³/mol. The molecule has 1 aromatic carbocycles. The Bertz CT molecular complexity index is 509. The molecule has 0 aliphatic carbocycles. The van der Waals surface area contributed by atoms with Gasteiger partial charge in [0.2, 0.25) is 6.41 Å². The summed E-state index contributed by atoms with van der Waals surface area (Å²) < 4.78 is 0. The molecule has 19 heavy (non-hydrogen) atoms. The van der Waals surface area contributed by atoms with Crippen molar-refractivity contribution >= 4 is 12.0 Å². The molecule has 1 rings (SSSR count). The summed E-state index contributed by atoms with van der Waals surface area (Å²) in [5, 5.41) is 2.74. The van der Waals surface area contributed by atoms with Gasteiger partial charge in [0.25, 0.3) is 0 Å². The van der Waals surface area contributed by atoms with Crippen molar-refractivity contribution in [1.29, 1.82) is 0 Å². The van der Waals surface area contributed by atoms with E-state index in [0.717, 1.165) is 34.3 Å². The van der Waals surface area contributed by atoms with E-state index in [1.807, 2.05) is 39.0 Å². The number of allylic oxidation sites excluding steroid dienone is 4. The van der Waals surface area contributed by atoms with Gasteiger partial charge in [-0.1, -0.05) is 49.1 Å². The maximum Gasteiger partial charge on any atom is 0.207 e. The lowest BCUT2D eigenvalue weighted by atomic mass is 9.94. The van der Waals surface area contributed by atoms with Crippen LogP contribution in [-0.2, 0) is 4.79 Å². The fourth-order valence-electron chi connectivity index (χ4n) is 2.05. The summed E-state index contributed by atoms with van der Waals surface area (Å²) in [5.74, 6) is 0. The number of amides is 1. The molecule has 1 unspecified atom stereocenters. The largest absolute Gasteiger partial charge is 0.352 e. The van der Waals surface area contributed by atoms with Crippen LogP contribution in [0.1, 0.15) is 37.9 Å². The minimum atomic E-state index is 0.0179. The number of benzene rings is 1. The molecule has 1 amide bonds. The number of carbonyl (C=O) groups is 1. The molecular weight excluding hydrogens is 234 g/mol. The molecule has 100 valence electrons. The van der Waals surface area contributed by atoms with Gasteiger partial charge in [-0.25, -0.2) is 0 Å². The molecule has 0 heterocycles. The Kier molecular flexibility index (Phi) is 5.31. The summed E-state index contributed by atoms with van der Waals surface area (Å²) in [6, 6.07) is 8.17. The van der Waals surface area contributed by atoms with Crippen molar-refractivity contribution < 1.29 is 4.79 Å². The third-order valence-electron chi connectivity index (χ3n) is 3.14. The van der Waals surface area contributed by atoms with Gasteiger partial charge in [-0.2, -0.15) is 0 Å². The van der Waals surface area contributed by atoms with Crippen molar-refractivity contribution in [2.24, 2.45) is 0 Å². The quantitative estimate of drug-likeness (QED) is 0.603. The molecule has 0 bridgehead atoms. The Morgan fingerprint density at radius 3 is 2.26 bits per heavy atom. The maximum atomic E-state index is 10.4. The summed E-state index contributed by atoms with van der Waals surface area (Å²) in [7, 11) is 0. The van der Waals surface area contributed by atoms with E-state index >= 15 is 0 Å². The minimum Gasteiger partial charge on any atom is -0.352 e. The van der Waals surface area contributed by atoms with Crippen LogP contribution in [0.4, 0.5) is 0 Å². The van der Waals surface area contributed by atoms with Crippen LogP contribution in [0, 0.1) is 0 Å². The normalized spacial score (nSPS) is 13.2. The molecule has 0 aliphatic heterocycles. The van der Waals surface area contributed by atoms with Crippen molar-refractivity contribution in [2.45, 2.75) is 26.8 Å². The van der Waals surface area contributed by atoms with E-state index in [2.05, 4.69) is 30.6 Å². The molecule has 0 saturated heterocycles. The van der Waals surface area contributed by atoms with E-state index in [0.29, 0.717) is 0 Å². The third kappa shape index (κ3) is 3.68. The van der Waals surface area contributed by atoms with Crippen LogP contribution in [0.3, 0.4) is 0 Å². The van der Waals surface area contributed by atoms with Crippen molar-refractivity contribution in [2.75, 3.05) is 0 Å². The van der Waals surface area contributed by atoms with E-state index in [1.165, 1.54) is 0 Å². The first-order valence-corrected chi connectivity index (χ1v) is 6.30. The monoisotopic (exact) mass is 255 g/mol. The second-order valence-electron chi connectivity index (χ2n) is 4.67. The SMILES string of the molecule is C=C/C(C)=C(\C(=C)C)c1ccc(C(C)NC=O)cc1. The summed E-state index contributed by atoms with van der Waals surface area (Å²) >= 11 is 0. The Morgan fingerprint density at radius 1 is 1.26 bits per heavy atom. The summed E-state index contributed by atoms with van der Waals surface area (Å²) in [6.07, 6.45) is 2.56. The lowest BCUT2D eigenvalue weighted by molar-refractivity contribution is -0.110. The van der Waals surface area contributed by atoms with E-state index in [9.17, 15) is 4.79 Å². The summed E-state index contributed by atoms with van der Waals surface area (Å²) in [4.78, 5) is 10.4. The van der Waals surface area contributed by atoms with Crippen molar-refractivity contribution in [3.05, 3.63) is 65.8 Å². The first-order chi connectivity index (χ1) is 9.01. The Balaban J connectivity index is 3.13. The molecule has 0 aliphatic rings. The molecular formula is C17H21NO. The zero-order valence-corrected chi connectivity index (χ0v) is 11.9. The van der Waals surface area contributed by atoms with Crippen LogP contribution >= 0.6 is 0 Å². The van der Waals surface area contributed by atoms with Crippen LogP contribution in [0.2, 0.25) is 0 Å². The molecule has 1 aromatic rings. The van der Waals surface area contributed by atoms with Crippen LogP contribution in [0.25, 0.3) is 5.57 Å². The number of carbonyl (C=O) groups excluding carboxylic acids is 1. The van der Waals surface area contributed by atoms with Gasteiger partial charge in [-0.15, -0.1) is 0 Å². The smallest absolute Gasteiger partial charge is 0.207 e. The van der Waals surface area contributed by atoms with Gasteiger partial charge < -0.3 is 5.32 Å². The zero-order chi connectivity index (χ0) is 14.4. The first-order valence-electron chi connectivity index (χ1n) is 6.30. The number of rotatable bonds is 6. The van der Waals surface area contributed by atoms with Crippen molar-refractivity contribution in [3.63, 3.8) is 0 Å². The molecule has 0 saturated carbocycles. The molecule has 0 fully saturated rings. The van der Waals surface area contributed by atoms with E-state index in [-0.39, 0.29) is 6.04 Å². The Labute approximate surface area is 115 Å². The average molecular weight is 255 g/mol. The fraction of sp³-hybridized carbons (Fsp3) is 0.235. The second kappa shape index (κ2) is 6.74. The molecule has 2 nitrogen and oxygen atoms in total. The van der Waals surface area contributed by atoms with E-state index < -0.39 is 0 Å². The second-order valence-corrected chi connectivity index (χ2v) is 4.67. The highest BCUT2D eigenvalue weighted by molar-refractivity contribution is 5.81. The highest BCUT2D eigenvalue weighted by Gasteiger charge is 2.07. The van der Waals surface area contributed by atoms with Crippen LogP contribution in [-0.4, -0.2) is 6.41 Å². The zero-order valence-electron chi connectivity index (χ0n) is 11.9. The fourth-order valence-corrected chi connectivity index (χ4v) is 2.05. The predicted octanol–water partition coefficient (Wildman–Crippen LogP) is 4.03. The molecule has 1 atom stereocenters. The topological polar surface area (TPSA) is 29.1 Å².